The molecule has 1 N–H and O–H groups in total. The number of carbonyl (C=O) groups is 1. The van der Waals surface area contributed by atoms with Crippen LogP contribution in [-0.4, -0.2) is 37.0 Å². The molecule has 21 heavy (non-hydrogen) atoms. The Labute approximate surface area is 133 Å². The van der Waals surface area contributed by atoms with Crippen molar-refractivity contribution in [2.24, 2.45) is 0 Å². The maximum atomic E-state index is 13.5. The van der Waals surface area contributed by atoms with Crippen LogP contribution in [0.4, 0.5) is 4.39 Å². The van der Waals surface area contributed by atoms with Crippen molar-refractivity contribution in [3.8, 4) is 0 Å². The predicted octanol–water partition coefficient (Wildman–Crippen LogP) is 3.20. The van der Waals surface area contributed by atoms with Crippen molar-refractivity contribution in [2.75, 3.05) is 26.2 Å². The summed E-state index contributed by atoms with van der Waals surface area (Å²) in [5.74, 6) is -0.526. The normalized spacial score (nSPS) is 16.3. The van der Waals surface area contributed by atoms with Gasteiger partial charge in [-0.15, -0.1) is 0 Å². The van der Waals surface area contributed by atoms with Crippen LogP contribution in [0.2, 0.25) is 0 Å². The number of nitrogens with zero attached hydrogens (tertiary/aromatic N) is 1. The highest BCUT2D eigenvalue weighted by atomic mass is 79.9. The molecule has 1 aliphatic heterocycles. The van der Waals surface area contributed by atoms with E-state index in [1.54, 1.807) is 12.1 Å². The average molecular weight is 355 g/mol. The van der Waals surface area contributed by atoms with Crippen molar-refractivity contribution in [3.05, 3.63) is 40.1 Å². The van der Waals surface area contributed by atoms with Crippen molar-refractivity contribution in [3.63, 3.8) is 0 Å². The molecule has 0 saturated carbocycles. The molecule has 2 rings (SSSR count). The van der Waals surface area contributed by atoms with E-state index in [2.05, 4.69) is 26.1 Å². The van der Waals surface area contributed by atoms with Crippen LogP contribution in [0.5, 0.6) is 0 Å². The van der Waals surface area contributed by atoms with E-state index >= 15 is 0 Å². The van der Waals surface area contributed by atoms with Crippen LogP contribution in [0.15, 0.2) is 28.7 Å². The van der Waals surface area contributed by atoms with Gasteiger partial charge in [0, 0.05) is 29.2 Å². The highest BCUT2D eigenvalue weighted by Gasteiger charge is 2.09. The SMILES string of the molecule is O=C(/C=C/c1cc(Br)ccc1F)NCCN1CCCCC1. The summed E-state index contributed by atoms with van der Waals surface area (Å²) in [6.45, 7) is 3.75. The fraction of sp³-hybridized carbons (Fsp3) is 0.438. The van der Waals surface area contributed by atoms with E-state index in [4.69, 9.17) is 0 Å². The lowest BCUT2D eigenvalue weighted by molar-refractivity contribution is -0.116. The lowest BCUT2D eigenvalue weighted by Crippen LogP contribution is -2.37. The van der Waals surface area contributed by atoms with Crippen molar-refractivity contribution >= 4 is 27.9 Å². The molecule has 3 nitrogen and oxygen atoms in total. The first kappa shape index (κ1) is 16.2. The lowest BCUT2D eigenvalue weighted by atomic mass is 10.1. The van der Waals surface area contributed by atoms with Gasteiger partial charge in [-0.25, -0.2) is 4.39 Å². The third-order valence-corrected chi connectivity index (χ3v) is 4.04. The first-order valence-corrected chi connectivity index (χ1v) is 8.08. The van der Waals surface area contributed by atoms with Gasteiger partial charge in [0.05, 0.1) is 0 Å². The largest absolute Gasteiger partial charge is 0.351 e. The lowest BCUT2D eigenvalue weighted by Gasteiger charge is -2.26. The van der Waals surface area contributed by atoms with Gasteiger partial charge in [-0.3, -0.25) is 4.79 Å². The second-order valence-corrected chi connectivity index (χ2v) is 6.11. The summed E-state index contributed by atoms with van der Waals surface area (Å²) in [5.41, 5.74) is 0.399. The Morgan fingerprint density at radius 1 is 1.33 bits per heavy atom. The fourth-order valence-electron chi connectivity index (χ4n) is 2.39. The number of hydrogen-bond donors (Lipinski definition) is 1. The van der Waals surface area contributed by atoms with Crippen LogP contribution in [0.25, 0.3) is 6.08 Å². The Kier molecular flexibility index (Phi) is 6.39. The number of benzene rings is 1. The van der Waals surface area contributed by atoms with Crippen molar-refractivity contribution in [2.45, 2.75) is 19.3 Å². The second kappa shape index (κ2) is 8.29. The molecule has 0 atom stereocenters. The quantitative estimate of drug-likeness (QED) is 0.823. The van der Waals surface area contributed by atoms with Crippen LogP contribution >= 0.6 is 15.9 Å². The molecule has 0 aromatic heterocycles. The molecule has 0 bridgehead atoms. The minimum Gasteiger partial charge on any atom is -0.351 e. The van der Waals surface area contributed by atoms with Gasteiger partial charge >= 0.3 is 0 Å². The van der Waals surface area contributed by atoms with Crippen LogP contribution < -0.4 is 5.32 Å². The zero-order valence-electron chi connectivity index (χ0n) is 11.9. The van der Waals surface area contributed by atoms with E-state index in [0.29, 0.717) is 12.1 Å². The van der Waals surface area contributed by atoms with Gasteiger partial charge < -0.3 is 10.2 Å². The van der Waals surface area contributed by atoms with Crippen LogP contribution in [-0.2, 0) is 4.79 Å². The summed E-state index contributed by atoms with van der Waals surface area (Å²) in [6, 6.07) is 4.65. The first-order chi connectivity index (χ1) is 10.1. The number of amides is 1. The number of piperidine rings is 1. The molecule has 1 fully saturated rings. The van der Waals surface area contributed by atoms with Gasteiger partial charge in [-0.1, -0.05) is 22.4 Å². The minimum absolute atomic E-state index is 0.189. The highest BCUT2D eigenvalue weighted by Crippen LogP contribution is 2.16. The van der Waals surface area contributed by atoms with Gasteiger partial charge in [0.25, 0.3) is 0 Å². The molecule has 114 valence electrons. The molecular formula is C16H20BrFN2O. The Morgan fingerprint density at radius 3 is 2.86 bits per heavy atom. The molecule has 0 spiro atoms. The summed E-state index contributed by atoms with van der Waals surface area (Å²) in [4.78, 5) is 14.1. The van der Waals surface area contributed by atoms with Crippen molar-refractivity contribution in [1.29, 1.82) is 0 Å². The van der Waals surface area contributed by atoms with Gasteiger partial charge in [0.1, 0.15) is 5.82 Å². The third kappa shape index (κ3) is 5.59. The monoisotopic (exact) mass is 354 g/mol. The molecule has 1 aromatic rings. The number of hydrogen-bond acceptors (Lipinski definition) is 2. The summed E-state index contributed by atoms with van der Waals surface area (Å²) < 4.78 is 14.3. The zero-order valence-corrected chi connectivity index (χ0v) is 13.5. The minimum atomic E-state index is -0.337. The maximum Gasteiger partial charge on any atom is 0.244 e. The Morgan fingerprint density at radius 2 is 2.10 bits per heavy atom. The summed E-state index contributed by atoms with van der Waals surface area (Å²) in [7, 11) is 0. The Hall–Kier alpha value is -1.20. The smallest absolute Gasteiger partial charge is 0.244 e. The van der Waals surface area contributed by atoms with Crippen LogP contribution in [0.3, 0.4) is 0 Å². The molecular weight excluding hydrogens is 335 g/mol. The van der Waals surface area contributed by atoms with Gasteiger partial charge in [0.2, 0.25) is 5.91 Å². The number of nitrogens with one attached hydrogen (secondary N) is 1. The van der Waals surface area contributed by atoms with Crippen LogP contribution in [0, 0.1) is 5.82 Å². The summed E-state index contributed by atoms with van der Waals surface area (Å²) in [5, 5.41) is 2.83. The third-order valence-electron chi connectivity index (χ3n) is 3.55. The molecule has 0 unspecified atom stereocenters. The van der Waals surface area contributed by atoms with Crippen LogP contribution in [0.1, 0.15) is 24.8 Å². The molecule has 5 heteroatoms. The van der Waals surface area contributed by atoms with E-state index in [-0.39, 0.29) is 11.7 Å². The summed E-state index contributed by atoms with van der Waals surface area (Å²) >= 11 is 3.28. The zero-order chi connectivity index (χ0) is 15.1. The summed E-state index contributed by atoms with van der Waals surface area (Å²) in [6.07, 6.45) is 6.67. The van der Waals surface area contributed by atoms with Gasteiger partial charge in [-0.2, -0.15) is 0 Å². The van der Waals surface area contributed by atoms with E-state index in [0.717, 1.165) is 24.1 Å². The molecule has 1 saturated heterocycles. The standard InChI is InChI=1S/C16H20BrFN2O/c17-14-5-6-15(18)13(12-14)4-7-16(21)19-8-11-20-9-2-1-3-10-20/h4-7,12H,1-3,8-11H2,(H,19,21)/b7-4+. The molecule has 0 radical (unpaired) electrons. The Balaban J connectivity index is 1.75. The van der Waals surface area contributed by atoms with Crippen molar-refractivity contribution in [1.82, 2.24) is 10.2 Å². The van der Waals surface area contributed by atoms with Gasteiger partial charge in [0.15, 0.2) is 0 Å². The van der Waals surface area contributed by atoms with E-state index in [1.165, 1.54) is 37.5 Å². The predicted molar refractivity (Wildman–Crippen MR) is 86.4 cm³/mol. The van der Waals surface area contributed by atoms with Gasteiger partial charge in [-0.05, 0) is 50.2 Å². The van der Waals surface area contributed by atoms with E-state index in [1.807, 2.05) is 0 Å². The number of carbonyl (C=O) groups excluding carboxylic acids is 1. The molecule has 1 amide bonds. The topological polar surface area (TPSA) is 32.3 Å². The number of rotatable bonds is 5. The molecule has 1 aromatic carbocycles. The average Bonchev–Trinajstić information content (AvgIpc) is 2.49. The number of halogens is 2. The molecule has 1 heterocycles. The second-order valence-electron chi connectivity index (χ2n) is 5.19. The van der Waals surface area contributed by atoms with E-state index in [9.17, 15) is 9.18 Å². The van der Waals surface area contributed by atoms with Crippen molar-refractivity contribution < 1.29 is 9.18 Å². The maximum absolute atomic E-state index is 13.5. The molecule has 1 aliphatic rings. The highest BCUT2D eigenvalue weighted by molar-refractivity contribution is 9.10. The number of likely N-dealkylation sites (tertiary alicyclic amines) is 1. The Bertz CT molecular complexity index is 513. The first-order valence-electron chi connectivity index (χ1n) is 7.28. The molecule has 0 aliphatic carbocycles. The van der Waals surface area contributed by atoms with E-state index < -0.39 is 0 Å². The fourth-order valence-corrected chi connectivity index (χ4v) is 2.77.